The second-order valence-electron chi connectivity index (χ2n) is 9.17. The molecule has 7 rings (SSSR count). The molecule has 1 aromatic carbocycles. The first-order valence-corrected chi connectivity index (χ1v) is 11.4. The van der Waals surface area contributed by atoms with Gasteiger partial charge in [-0.25, -0.2) is 19.6 Å². The van der Waals surface area contributed by atoms with Crippen LogP contribution in [0.15, 0.2) is 30.5 Å². The van der Waals surface area contributed by atoms with E-state index in [-0.39, 0.29) is 0 Å². The van der Waals surface area contributed by atoms with Crippen molar-refractivity contribution in [1.29, 1.82) is 0 Å². The second-order valence-corrected chi connectivity index (χ2v) is 9.17. The minimum Gasteiger partial charge on any atom is -0.375 e. The van der Waals surface area contributed by atoms with E-state index in [1.165, 1.54) is 12.8 Å². The number of nitrogens with one attached hydrogen (secondary N) is 2. The van der Waals surface area contributed by atoms with Crippen LogP contribution >= 0.6 is 0 Å². The molecule has 1 unspecified atom stereocenters. The summed E-state index contributed by atoms with van der Waals surface area (Å²) in [5.74, 6) is 2.23. The maximum atomic E-state index is 6.07. The van der Waals surface area contributed by atoms with Crippen molar-refractivity contribution >= 4 is 28.0 Å². The van der Waals surface area contributed by atoms with Crippen molar-refractivity contribution in [3.8, 4) is 0 Å². The lowest BCUT2D eigenvalue weighted by molar-refractivity contribution is -0.0173. The number of para-hydroxylation sites is 2. The largest absolute Gasteiger partial charge is 0.375 e. The maximum absolute atomic E-state index is 6.07. The average molecular weight is 416 g/mol. The molecular formula is C23H25N7O. The van der Waals surface area contributed by atoms with Gasteiger partial charge in [-0.2, -0.15) is 5.10 Å². The van der Waals surface area contributed by atoms with Crippen LogP contribution in [-0.2, 0) is 11.3 Å². The van der Waals surface area contributed by atoms with Gasteiger partial charge in [-0.05, 0) is 50.7 Å². The number of fused-ring (bicyclic) bond motifs is 4. The Balaban J connectivity index is 1.24. The molecule has 2 aliphatic heterocycles. The molecule has 1 aliphatic carbocycles. The first-order valence-electron chi connectivity index (χ1n) is 11.4. The number of aromatic nitrogens is 6. The van der Waals surface area contributed by atoms with Gasteiger partial charge in [0.1, 0.15) is 5.82 Å². The van der Waals surface area contributed by atoms with E-state index in [9.17, 15) is 0 Å². The summed E-state index contributed by atoms with van der Waals surface area (Å²) in [6.45, 7) is 0.561. The van der Waals surface area contributed by atoms with E-state index in [0.29, 0.717) is 30.7 Å². The monoisotopic (exact) mass is 415 g/mol. The van der Waals surface area contributed by atoms with Crippen molar-refractivity contribution in [2.24, 2.45) is 0 Å². The maximum Gasteiger partial charge on any atom is 0.179 e. The van der Waals surface area contributed by atoms with Crippen LogP contribution in [0.25, 0.3) is 22.2 Å². The average Bonchev–Trinajstić information content (AvgIpc) is 3.34. The fraction of sp³-hybridized carbons (Fsp3) is 0.478. The molecule has 158 valence electrons. The van der Waals surface area contributed by atoms with Gasteiger partial charge in [-0.15, -0.1) is 0 Å². The van der Waals surface area contributed by atoms with Crippen molar-refractivity contribution in [2.75, 3.05) is 5.32 Å². The van der Waals surface area contributed by atoms with E-state index in [2.05, 4.69) is 20.0 Å². The van der Waals surface area contributed by atoms with Crippen LogP contribution in [0.5, 0.6) is 0 Å². The SMILES string of the molecule is c1ccc2[nH]c(CNc3nn(C4C[C@H]5CC[C@@H](C4)O5)c4nc(C5CC5)cnc34)nc2c1. The molecule has 8 heteroatoms. The lowest BCUT2D eigenvalue weighted by atomic mass is 10.0. The summed E-state index contributed by atoms with van der Waals surface area (Å²) < 4.78 is 8.20. The van der Waals surface area contributed by atoms with Crippen LogP contribution in [0.4, 0.5) is 5.82 Å². The first-order chi connectivity index (χ1) is 15.3. The number of anilines is 1. The van der Waals surface area contributed by atoms with E-state index in [4.69, 9.17) is 19.8 Å². The summed E-state index contributed by atoms with van der Waals surface area (Å²) in [5.41, 5.74) is 4.87. The predicted octanol–water partition coefficient (Wildman–Crippen LogP) is 4.07. The van der Waals surface area contributed by atoms with Crippen LogP contribution in [0.1, 0.15) is 62.0 Å². The van der Waals surface area contributed by atoms with E-state index >= 15 is 0 Å². The number of nitrogens with zero attached hydrogens (tertiary/aromatic N) is 5. The number of imidazole rings is 1. The van der Waals surface area contributed by atoms with Crippen molar-refractivity contribution < 1.29 is 4.74 Å². The Hall–Kier alpha value is -3.00. The topological polar surface area (TPSA) is 93.5 Å². The normalized spacial score (nSPS) is 25.5. The summed E-state index contributed by atoms with van der Waals surface area (Å²) in [7, 11) is 0. The van der Waals surface area contributed by atoms with Gasteiger partial charge < -0.3 is 15.0 Å². The van der Waals surface area contributed by atoms with Crippen molar-refractivity contribution in [3.05, 3.63) is 42.0 Å². The molecule has 2 bridgehead atoms. The number of aromatic amines is 1. The zero-order valence-corrected chi connectivity index (χ0v) is 17.3. The lowest BCUT2D eigenvalue weighted by Crippen LogP contribution is -2.28. The third-order valence-corrected chi connectivity index (χ3v) is 6.89. The van der Waals surface area contributed by atoms with Gasteiger partial charge in [0.25, 0.3) is 0 Å². The van der Waals surface area contributed by atoms with Gasteiger partial charge in [0, 0.05) is 12.1 Å². The summed E-state index contributed by atoms with van der Waals surface area (Å²) in [6.07, 6.45) is 9.42. The van der Waals surface area contributed by atoms with Crippen molar-refractivity contribution in [1.82, 2.24) is 29.7 Å². The first kappa shape index (κ1) is 17.7. The molecule has 8 nitrogen and oxygen atoms in total. The second kappa shape index (κ2) is 6.75. The molecule has 2 saturated heterocycles. The number of hydrogen-bond donors (Lipinski definition) is 2. The highest BCUT2D eigenvalue weighted by molar-refractivity contribution is 5.83. The van der Waals surface area contributed by atoms with Crippen LogP contribution in [-0.4, -0.2) is 41.9 Å². The summed E-state index contributed by atoms with van der Waals surface area (Å²) in [4.78, 5) is 17.9. The zero-order chi connectivity index (χ0) is 20.4. The molecule has 0 spiro atoms. The van der Waals surface area contributed by atoms with Crippen molar-refractivity contribution in [2.45, 2.75) is 69.2 Å². The van der Waals surface area contributed by atoms with Gasteiger partial charge >= 0.3 is 0 Å². The number of rotatable bonds is 5. The number of H-pyrrole nitrogens is 1. The zero-order valence-electron chi connectivity index (χ0n) is 17.3. The van der Waals surface area contributed by atoms with Gasteiger partial charge in [0.15, 0.2) is 17.0 Å². The molecule has 31 heavy (non-hydrogen) atoms. The molecule has 3 aliphatic rings. The highest BCUT2D eigenvalue weighted by Gasteiger charge is 2.37. The van der Waals surface area contributed by atoms with Crippen LogP contribution < -0.4 is 5.32 Å². The Morgan fingerprint density at radius 3 is 2.71 bits per heavy atom. The van der Waals surface area contributed by atoms with Crippen LogP contribution in [0.3, 0.4) is 0 Å². The highest BCUT2D eigenvalue weighted by Crippen LogP contribution is 2.42. The molecule has 1 saturated carbocycles. The third-order valence-electron chi connectivity index (χ3n) is 6.89. The third kappa shape index (κ3) is 3.08. The van der Waals surface area contributed by atoms with E-state index in [1.807, 2.05) is 30.5 Å². The number of ether oxygens (including phenoxy) is 1. The van der Waals surface area contributed by atoms with Gasteiger partial charge in [-0.3, -0.25) is 0 Å². The smallest absolute Gasteiger partial charge is 0.179 e. The van der Waals surface area contributed by atoms with E-state index < -0.39 is 0 Å². The molecular weight excluding hydrogens is 390 g/mol. The Morgan fingerprint density at radius 2 is 1.90 bits per heavy atom. The molecule has 3 fully saturated rings. The Morgan fingerprint density at radius 1 is 1.06 bits per heavy atom. The fourth-order valence-corrected chi connectivity index (χ4v) is 5.16. The molecule has 5 heterocycles. The van der Waals surface area contributed by atoms with Gasteiger partial charge in [0.05, 0.1) is 41.5 Å². The molecule has 2 N–H and O–H groups in total. The minimum atomic E-state index is 0.319. The molecule has 0 radical (unpaired) electrons. The van der Waals surface area contributed by atoms with Crippen molar-refractivity contribution in [3.63, 3.8) is 0 Å². The molecule has 4 aromatic rings. The number of hydrogen-bond acceptors (Lipinski definition) is 6. The number of benzene rings is 1. The Labute approximate surface area is 179 Å². The molecule has 3 aromatic heterocycles. The predicted molar refractivity (Wildman–Crippen MR) is 117 cm³/mol. The van der Waals surface area contributed by atoms with E-state index in [0.717, 1.165) is 65.2 Å². The Bertz CT molecular complexity index is 1230. The standard InChI is InChI=1S/C23H25N7O/c1-2-4-18-17(3-1)26-20(27-18)12-25-22-21-23(28-19(11-24-21)13-5-6-13)30(29-22)14-9-15-7-8-16(10-14)31-15/h1-4,11,13-16H,5-10,12H2,(H,25,29)(H,26,27)/t14?,15-,16+. The summed E-state index contributed by atoms with van der Waals surface area (Å²) in [5, 5.41) is 8.45. The summed E-state index contributed by atoms with van der Waals surface area (Å²) in [6, 6.07) is 8.40. The van der Waals surface area contributed by atoms with Crippen LogP contribution in [0.2, 0.25) is 0 Å². The van der Waals surface area contributed by atoms with Crippen LogP contribution in [0, 0.1) is 0 Å². The van der Waals surface area contributed by atoms with E-state index in [1.54, 1.807) is 0 Å². The van der Waals surface area contributed by atoms with Gasteiger partial charge in [0.2, 0.25) is 0 Å². The molecule has 0 amide bonds. The summed E-state index contributed by atoms with van der Waals surface area (Å²) >= 11 is 0. The van der Waals surface area contributed by atoms with Gasteiger partial charge in [-0.1, -0.05) is 12.1 Å². The Kier molecular flexibility index (Phi) is 3.84. The minimum absolute atomic E-state index is 0.319. The highest BCUT2D eigenvalue weighted by atomic mass is 16.5. The lowest BCUT2D eigenvalue weighted by Gasteiger charge is -2.28. The fourth-order valence-electron chi connectivity index (χ4n) is 5.16. The molecule has 3 atom stereocenters. The quantitative estimate of drug-likeness (QED) is 0.510.